The third-order valence-electron chi connectivity index (χ3n) is 1.70. The molecule has 1 aromatic carbocycles. The van der Waals surface area contributed by atoms with Crippen LogP contribution in [-0.2, 0) is 4.79 Å². The Morgan fingerprint density at radius 2 is 1.71 bits per heavy atom. The van der Waals surface area contributed by atoms with Gasteiger partial charge in [-0.3, -0.25) is 15.4 Å². The molecule has 0 unspecified atom stereocenters. The Morgan fingerprint density at radius 1 is 1.06 bits per heavy atom. The molecule has 0 aromatic heterocycles. The fourth-order valence-corrected chi connectivity index (χ4v) is 1.03. The highest BCUT2D eigenvalue weighted by molar-refractivity contribution is 6.06. The summed E-state index contributed by atoms with van der Waals surface area (Å²) in [5.41, 5.74) is 5.51. The molecule has 17 heavy (non-hydrogen) atoms. The van der Waals surface area contributed by atoms with Crippen LogP contribution in [0.15, 0.2) is 36.4 Å². The van der Waals surface area contributed by atoms with Gasteiger partial charge in [-0.25, -0.2) is 9.59 Å². The summed E-state index contributed by atoms with van der Waals surface area (Å²) in [5.74, 6) is -0.646. The molecule has 0 aliphatic heterocycles. The number of carbonyl (C=O) groups is 3. The molecule has 0 spiro atoms. The number of nitrogens with one attached hydrogen (secondary N) is 2. The predicted molar refractivity (Wildman–Crippen MR) is 61.7 cm³/mol. The van der Waals surface area contributed by atoms with Crippen molar-refractivity contribution in [3.8, 4) is 0 Å². The first-order valence-electron chi connectivity index (χ1n) is 4.72. The van der Waals surface area contributed by atoms with Gasteiger partial charge in [0.05, 0.1) is 0 Å². The number of rotatable bonds is 2. The molecule has 0 fully saturated rings. The van der Waals surface area contributed by atoms with Crippen molar-refractivity contribution in [2.45, 2.75) is 0 Å². The first-order chi connectivity index (χ1) is 8.08. The topological polar surface area (TPSA) is 101 Å². The van der Waals surface area contributed by atoms with Gasteiger partial charge < -0.3 is 5.73 Å². The van der Waals surface area contributed by atoms with Gasteiger partial charge in [-0.2, -0.15) is 0 Å². The summed E-state index contributed by atoms with van der Waals surface area (Å²) < 4.78 is 0. The third kappa shape index (κ3) is 5.12. The van der Waals surface area contributed by atoms with E-state index in [0.717, 1.165) is 5.56 Å². The van der Waals surface area contributed by atoms with E-state index in [9.17, 15) is 14.4 Å². The average molecular weight is 233 g/mol. The van der Waals surface area contributed by atoms with Gasteiger partial charge in [0.2, 0.25) is 0 Å². The fraction of sp³-hybridized carbons (Fsp3) is 0. The van der Waals surface area contributed by atoms with Gasteiger partial charge in [-0.1, -0.05) is 30.3 Å². The highest BCUT2D eigenvalue weighted by Crippen LogP contribution is 2.00. The number of imide groups is 2. The lowest BCUT2D eigenvalue weighted by molar-refractivity contribution is -0.115. The van der Waals surface area contributed by atoms with E-state index in [1.807, 2.05) is 23.5 Å². The van der Waals surface area contributed by atoms with Gasteiger partial charge >= 0.3 is 12.1 Å². The van der Waals surface area contributed by atoms with Crippen LogP contribution in [0.4, 0.5) is 9.59 Å². The van der Waals surface area contributed by atoms with E-state index in [2.05, 4.69) is 0 Å². The van der Waals surface area contributed by atoms with Gasteiger partial charge in [0, 0.05) is 6.08 Å². The summed E-state index contributed by atoms with van der Waals surface area (Å²) in [4.78, 5) is 32.4. The molecule has 0 heterocycles. The number of hydrogen-bond acceptors (Lipinski definition) is 3. The van der Waals surface area contributed by atoms with Crippen LogP contribution in [0, 0.1) is 0 Å². The zero-order chi connectivity index (χ0) is 12.7. The zero-order valence-corrected chi connectivity index (χ0v) is 8.84. The van der Waals surface area contributed by atoms with E-state index in [1.54, 1.807) is 17.4 Å². The van der Waals surface area contributed by atoms with Crippen molar-refractivity contribution in [3.05, 3.63) is 42.0 Å². The quantitative estimate of drug-likeness (QED) is 0.652. The fourth-order valence-electron chi connectivity index (χ4n) is 1.03. The Morgan fingerprint density at radius 3 is 2.29 bits per heavy atom. The highest BCUT2D eigenvalue weighted by Gasteiger charge is 2.05. The van der Waals surface area contributed by atoms with Crippen LogP contribution in [0.25, 0.3) is 6.08 Å². The monoisotopic (exact) mass is 233 g/mol. The Balaban J connectivity index is 2.47. The zero-order valence-electron chi connectivity index (χ0n) is 8.84. The Bertz CT molecular complexity index is 454. The number of carbonyl (C=O) groups excluding carboxylic acids is 3. The lowest BCUT2D eigenvalue weighted by Crippen LogP contribution is -2.44. The maximum absolute atomic E-state index is 11.2. The first kappa shape index (κ1) is 12.4. The van der Waals surface area contributed by atoms with E-state index in [0.29, 0.717) is 0 Å². The van der Waals surface area contributed by atoms with Crippen LogP contribution >= 0.6 is 0 Å². The van der Waals surface area contributed by atoms with E-state index < -0.39 is 18.0 Å². The van der Waals surface area contributed by atoms with Crippen molar-refractivity contribution in [2.24, 2.45) is 5.73 Å². The maximum Gasteiger partial charge on any atom is 0.329 e. The molecule has 1 aromatic rings. The van der Waals surface area contributed by atoms with Crippen LogP contribution in [0.3, 0.4) is 0 Å². The molecule has 0 aliphatic rings. The highest BCUT2D eigenvalue weighted by atomic mass is 16.2. The summed E-state index contributed by atoms with van der Waals surface area (Å²) in [6.45, 7) is 0. The summed E-state index contributed by atoms with van der Waals surface area (Å²) in [7, 11) is 0. The second kappa shape index (κ2) is 6.06. The molecule has 0 radical (unpaired) electrons. The molecule has 0 aliphatic carbocycles. The second-order valence-corrected chi connectivity index (χ2v) is 3.05. The Kier molecular flexibility index (Phi) is 4.44. The van der Waals surface area contributed by atoms with E-state index in [1.165, 1.54) is 12.2 Å². The van der Waals surface area contributed by atoms with Crippen molar-refractivity contribution in [2.75, 3.05) is 0 Å². The minimum absolute atomic E-state index is 0.646. The second-order valence-electron chi connectivity index (χ2n) is 3.05. The minimum Gasteiger partial charge on any atom is -0.351 e. The molecular weight excluding hydrogens is 222 g/mol. The first-order valence-corrected chi connectivity index (χ1v) is 4.72. The summed E-state index contributed by atoms with van der Waals surface area (Å²) in [5, 5.41) is 3.61. The minimum atomic E-state index is -1.03. The summed E-state index contributed by atoms with van der Waals surface area (Å²) in [6, 6.07) is 7.09. The van der Waals surface area contributed by atoms with Crippen molar-refractivity contribution < 1.29 is 14.4 Å². The van der Waals surface area contributed by atoms with E-state index >= 15 is 0 Å². The molecule has 0 saturated carbocycles. The molecule has 6 heteroatoms. The molecular formula is C11H11N3O3. The van der Waals surface area contributed by atoms with Crippen molar-refractivity contribution in [3.63, 3.8) is 0 Å². The van der Waals surface area contributed by atoms with E-state index in [4.69, 9.17) is 5.73 Å². The predicted octanol–water partition coefficient (Wildman–Crippen LogP) is 0.604. The third-order valence-corrected chi connectivity index (χ3v) is 1.70. The molecule has 88 valence electrons. The van der Waals surface area contributed by atoms with Crippen molar-refractivity contribution in [1.82, 2.24) is 10.6 Å². The average Bonchev–Trinajstić information content (AvgIpc) is 2.26. The van der Waals surface area contributed by atoms with Gasteiger partial charge in [-0.15, -0.1) is 0 Å². The lowest BCUT2D eigenvalue weighted by atomic mass is 10.2. The molecule has 5 amide bonds. The maximum atomic E-state index is 11.2. The molecule has 0 saturated heterocycles. The van der Waals surface area contributed by atoms with Gasteiger partial charge in [0.15, 0.2) is 0 Å². The Hall–Kier alpha value is -2.63. The molecule has 6 nitrogen and oxygen atoms in total. The largest absolute Gasteiger partial charge is 0.351 e. The number of hydrogen-bond donors (Lipinski definition) is 3. The van der Waals surface area contributed by atoms with Crippen molar-refractivity contribution in [1.29, 1.82) is 0 Å². The number of nitrogens with two attached hydrogens (primary N) is 1. The molecule has 0 bridgehead atoms. The van der Waals surface area contributed by atoms with Crippen LogP contribution in [0.5, 0.6) is 0 Å². The molecule has 1 rings (SSSR count). The van der Waals surface area contributed by atoms with Gasteiger partial charge in [0.1, 0.15) is 0 Å². The van der Waals surface area contributed by atoms with E-state index in [-0.39, 0.29) is 0 Å². The van der Waals surface area contributed by atoms with Crippen LogP contribution < -0.4 is 16.4 Å². The van der Waals surface area contributed by atoms with Crippen molar-refractivity contribution >= 4 is 24.0 Å². The normalized spacial score (nSPS) is 9.88. The number of benzene rings is 1. The SMILES string of the molecule is NC(=O)NC(=O)NC(=O)/C=C/c1ccccc1. The lowest BCUT2D eigenvalue weighted by Gasteiger charge is -1.99. The van der Waals surface area contributed by atoms with Crippen LogP contribution in [0.1, 0.15) is 5.56 Å². The number of amides is 5. The molecule has 0 atom stereocenters. The van der Waals surface area contributed by atoms with Crippen LogP contribution in [0.2, 0.25) is 0 Å². The Labute approximate surface area is 97.5 Å². The van der Waals surface area contributed by atoms with Gasteiger partial charge in [0.25, 0.3) is 5.91 Å². The standard InChI is InChI=1S/C11H11N3O3/c12-10(16)14-11(17)13-9(15)7-6-8-4-2-1-3-5-8/h1-7H,(H4,12,13,14,15,16,17)/b7-6+. The smallest absolute Gasteiger partial charge is 0.329 e. The summed E-state index contributed by atoms with van der Waals surface area (Å²) >= 11 is 0. The number of urea groups is 2. The van der Waals surface area contributed by atoms with Gasteiger partial charge in [-0.05, 0) is 11.6 Å². The molecule has 4 N–H and O–H groups in total. The number of primary amides is 1. The van der Waals surface area contributed by atoms with Crippen LogP contribution in [-0.4, -0.2) is 18.0 Å². The summed E-state index contributed by atoms with van der Waals surface area (Å²) in [6.07, 6.45) is 2.71.